The monoisotopic (exact) mass is 179 g/mol. The molecule has 0 spiro atoms. The largest absolute Gasteiger partial charge is 0.491 e. The van der Waals surface area contributed by atoms with Gasteiger partial charge in [0.25, 0.3) is 0 Å². The Kier molecular flexibility index (Phi) is 2.08. The summed E-state index contributed by atoms with van der Waals surface area (Å²) in [5, 5.41) is 0. The first-order valence-electron chi connectivity index (χ1n) is 4.47. The van der Waals surface area contributed by atoms with Crippen molar-refractivity contribution in [3.05, 3.63) is 18.0 Å². The highest BCUT2D eigenvalue weighted by Crippen LogP contribution is 2.33. The van der Waals surface area contributed by atoms with Crippen molar-refractivity contribution in [3.8, 4) is 11.5 Å². The van der Waals surface area contributed by atoms with E-state index in [4.69, 9.17) is 9.47 Å². The Hall–Kier alpha value is -1.25. The number of rotatable bonds is 3. The zero-order valence-corrected chi connectivity index (χ0v) is 7.91. The van der Waals surface area contributed by atoms with Crippen LogP contribution in [0.1, 0.15) is 18.5 Å². The van der Waals surface area contributed by atoms with Crippen molar-refractivity contribution in [3.63, 3.8) is 0 Å². The van der Waals surface area contributed by atoms with Crippen LogP contribution in [0, 0.1) is 6.92 Å². The van der Waals surface area contributed by atoms with Crippen LogP contribution in [0.5, 0.6) is 11.5 Å². The number of aromatic nitrogens is 1. The molecule has 0 aliphatic heterocycles. The van der Waals surface area contributed by atoms with Crippen LogP contribution in [0.25, 0.3) is 0 Å². The maximum Gasteiger partial charge on any atom is 0.179 e. The number of ether oxygens (including phenoxy) is 2. The zero-order chi connectivity index (χ0) is 9.26. The van der Waals surface area contributed by atoms with E-state index in [1.165, 1.54) is 0 Å². The standard InChI is InChI=1S/C10H13NO2/c1-7-5-9(13-8-3-4-8)10(12-2)6-11-7/h5-6,8H,3-4H2,1-2H3. The predicted octanol–water partition coefficient (Wildman–Crippen LogP) is 1.94. The molecule has 0 aromatic carbocycles. The van der Waals surface area contributed by atoms with Gasteiger partial charge in [0.05, 0.1) is 19.4 Å². The maximum atomic E-state index is 5.66. The molecule has 1 fully saturated rings. The first-order valence-corrected chi connectivity index (χ1v) is 4.47. The lowest BCUT2D eigenvalue weighted by Crippen LogP contribution is -1.99. The Balaban J connectivity index is 2.22. The lowest BCUT2D eigenvalue weighted by molar-refractivity contribution is 0.281. The molecule has 1 aliphatic carbocycles. The van der Waals surface area contributed by atoms with Gasteiger partial charge in [-0.15, -0.1) is 0 Å². The smallest absolute Gasteiger partial charge is 0.179 e. The molecule has 3 nitrogen and oxygen atoms in total. The summed E-state index contributed by atoms with van der Waals surface area (Å²) in [6.07, 6.45) is 4.41. The Morgan fingerprint density at radius 2 is 2.15 bits per heavy atom. The van der Waals surface area contributed by atoms with Gasteiger partial charge in [-0.25, -0.2) is 0 Å². The summed E-state index contributed by atoms with van der Waals surface area (Å²) in [6, 6.07) is 1.91. The minimum atomic E-state index is 0.399. The molecule has 1 aromatic rings. The Morgan fingerprint density at radius 3 is 2.77 bits per heavy atom. The molecule has 2 rings (SSSR count). The molecule has 0 atom stereocenters. The van der Waals surface area contributed by atoms with Gasteiger partial charge < -0.3 is 9.47 Å². The summed E-state index contributed by atoms with van der Waals surface area (Å²) >= 11 is 0. The normalized spacial score (nSPS) is 15.5. The van der Waals surface area contributed by atoms with Crippen LogP contribution in [0.4, 0.5) is 0 Å². The van der Waals surface area contributed by atoms with Gasteiger partial charge in [0.2, 0.25) is 0 Å². The lowest BCUT2D eigenvalue weighted by Gasteiger charge is -2.09. The molecule has 0 amide bonds. The van der Waals surface area contributed by atoms with Gasteiger partial charge in [-0.05, 0) is 19.8 Å². The number of pyridine rings is 1. The molecule has 0 saturated heterocycles. The molecule has 0 N–H and O–H groups in total. The van der Waals surface area contributed by atoms with Crippen molar-refractivity contribution in [2.75, 3.05) is 7.11 Å². The molecule has 1 aromatic heterocycles. The van der Waals surface area contributed by atoms with E-state index in [9.17, 15) is 0 Å². The number of methoxy groups -OCH3 is 1. The summed E-state index contributed by atoms with van der Waals surface area (Å²) in [5.41, 5.74) is 0.955. The minimum absolute atomic E-state index is 0.399. The van der Waals surface area contributed by atoms with Gasteiger partial charge in [0.15, 0.2) is 11.5 Å². The molecular formula is C10H13NO2. The van der Waals surface area contributed by atoms with Gasteiger partial charge in [-0.3, -0.25) is 4.98 Å². The topological polar surface area (TPSA) is 31.4 Å². The third-order valence-corrected chi connectivity index (χ3v) is 2.01. The Bertz CT molecular complexity index is 308. The molecule has 13 heavy (non-hydrogen) atoms. The van der Waals surface area contributed by atoms with Crippen molar-refractivity contribution < 1.29 is 9.47 Å². The lowest BCUT2D eigenvalue weighted by atomic mass is 10.3. The first-order chi connectivity index (χ1) is 6.29. The Labute approximate surface area is 77.7 Å². The summed E-state index contributed by atoms with van der Waals surface area (Å²) in [7, 11) is 1.63. The second-order valence-electron chi connectivity index (χ2n) is 3.29. The quantitative estimate of drug-likeness (QED) is 0.710. The van der Waals surface area contributed by atoms with Crippen molar-refractivity contribution in [1.29, 1.82) is 0 Å². The van der Waals surface area contributed by atoms with E-state index < -0.39 is 0 Å². The van der Waals surface area contributed by atoms with Crippen LogP contribution in [0.3, 0.4) is 0 Å². The second-order valence-corrected chi connectivity index (χ2v) is 3.29. The SMILES string of the molecule is COc1cnc(C)cc1OC1CC1. The molecule has 1 heterocycles. The van der Waals surface area contributed by atoms with E-state index in [2.05, 4.69) is 4.98 Å². The van der Waals surface area contributed by atoms with E-state index >= 15 is 0 Å². The van der Waals surface area contributed by atoms with Gasteiger partial charge >= 0.3 is 0 Å². The molecule has 3 heteroatoms. The molecule has 1 aliphatic rings. The van der Waals surface area contributed by atoms with Gasteiger partial charge in [0, 0.05) is 11.8 Å². The predicted molar refractivity (Wildman–Crippen MR) is 49.2 cm³/mol. The van der Waals surface area contributed by atoms with Crippen molar-refractivity contribution >= 4 is 0 Å². The average Bonchev–Trinajstić information content (AvgIpc) is 2.89. The summed E-state index contributed by atoms with van der Waals surface area (Å²) < 4.78 is 10.8. The Morgan fingerprint density at radius 1 is 1.38 bits per heavy atom. The summed E-state index contributed by atoms with van der Waals surface area (Å²) in [6.45, 7) is 1.94. The van der Waals surface area contributed by atoms with Crippen molar-refractivity contribution in [2.45, 2.75) is 25.9 Å². The molecule has 70 valence electrons. The van der Waals surface area contributed by atoms with Crippen LogP contribution in [0.2, 0.25) is 0 Å². The van der Waals surface area contributed by atoms with E-state index in [0.717, 1.165) is 30.0 Å². The van der Waals surface area contributed by atoms with E-state index in [0.29, 0.717) is 6.10 Å². The number of hydrogen-bond donors (Lipinski definition) is 0. The fraction of sp³-hybridized carbons (Fsp3) is 0.500. The van der Waals surface area contributed by atoms with Gasteiger partial charge in [-0.2, -0.15) is 0 Å². The number of aryl methyl sites for hydroxylation is 1. The minimum Gasteiger partial charge on any atom is -0.491 e. The molecule has 0 unspecified atom stereocenters. The third-order valence-electron chi connectivity index (χ3n) is 2.01. The fourth-order valence-corrected chi connectivity index (χ4v) is 1.13. The highest BCUT2D eigenvalue weighted by molar-refractivity contribution is 5.39. The van der Waals surface area contributed by atoms with E-state index in [-0.39, 0.29) is 0 Å². The summed E-state index contributed by atoms with van der Waals surface area (Å²) in [4.78, 5) is 4.13. The molecule has 1 saturated carbocycles. The van der Waals surface area contributed by atoms with Gasteiger partial charge in [0.1, 0.15) is 0 Å². The van der Waals surface area contributed by atoms with Crippen molar-refractivity contribution in [2.24, 2.45) is 0 Å². The third kappa shape index (κ3) is 1.91. The summed E-state index contributed by atoms with van der Waals surface area (Å²) in [5.74, 6) is 1.54. The number of hydrogen-bond acceptors (Lipinski definition) is 3. The van der Waals surface area contributed by atoms with E-state index in [1.807, 2.05) is 13.0 Å². The van der Waals surface area contributed by atoms with E-state index in [1.54, 1.807) is 13.3 Å². The van der Waals surface area contributed by atoms with Crippen molar-refractivity contribution in [1.82, 2.24) is 4.98 Å². The highest BCUT2D eigenvalue weighted by atomic mass is 16.5. The van der Waals surface area contributed by atoms with Crippen LogP contribution < -0.4 is 9.47 Å². The zero-order valence-electron chi connectivity index (χ0n) is 7.91. The molecular weight excluding hydrogens is 166 g/mol. The fourth-order valence-electron chi connectivity index (χ4n) is 1.13. The first kappa shape index (κ1) is 8.35. The van der Waals surface area contributed by atoms with Crippen LogP contribution >= 0.6 is 0 Å². The van der Waals surface area contributed by atoms with Crippen LogP contribution in [0.15, 0.2) is 12.3 Å². The van der Waals surface area contributed by atoms with Crippen LogP contribution in [-0.2, 0) is 0 Å². The molecule has 0 bridgehead atoms. The van der Waals surface area contributed by atoms with Crippen LogP contribution in [-0.4, -0.2) is 18.2 Å². The van der Waals surface area contributed by atoms with Gasteiger partial charge in [-0.1, -0.05) is 0 Å². The second kappa shape index (κ2) is 3.24. The highest BCUT2D eigenvalue weighted by Gasteiger charge is 2.24. The molecule has 0 radical (unpaired) electrons. The number of nitrogens with zero attached hydrogens (tertiary/aromatic N) is 1. The average molecular weight is 179 g/mol. The maximum absolute atomic E-state index is 5.66.